The third kappa shape index (κ3) is 6.29. The number of nitrogens with two attached hydrogens (primary N) is 1. The van der Waals surface area contributed by atoms with Gasteiger partial charge in [0, 0.05) is 19.3 Å². The Morgan fingerprint density at radius 3 is 2.47 bits per heavy atom. The SMILES string of the molecule is COCCC(C)(N)CCCOc1ccccc1. The van der Waals surface area contributed by atoms with Crippen molar-refractivity contribution in [2.45, 2.75) is 31.7 Å². The normalized spacial score (nSPS) is 14.3. The standard InChI is InChI=1S/C14H23NO2/c1-14(15,10-12-16-2)9-6-11-17-13-7-4-3-5-8-13/h3-5,7-8H,6,9-12,15H2,1-2H3. The zero-order chi connectivity index (χ0) is 12.6. The molecule has 0 aliphatic heterocycles. The second-order valence-electron chi connectivity index (χ2n) is 4.66. The molecule has 0 amide bonds. The summed E-state index contributed by atoms with van der Waals surface area (Å²) in [6, 6.07) is 9.86. The molecule has 1 rings (SSSR count). The lowest BCUT2D eigenvalue weighted by Gasteiger charge is -2.24. The molecule has 3 nitrogen and oxygen atoms in total. The molecule has 0 aliphatic carbocycles. The molecule has 1 unspecified atom stereocenters. The fourth-order valence-corrected chi connectivity index (χ4v) is 1.64. The number of rotatable bonds is 8. The number of ether oxygens (including phenoxy) is 2. The van der Waals surface area contributed by atoms with Crippen molar-refractivity contribution in [2.24, 2.45) is 5.73 Å². The molecule has 0 heterocycles. The zero-order valence-electron chi connectivity index (χ0n) is 10.8. The van der Waals surface area contributed by atoms with Gasteiger partial charge in [0.15, 0.2) is 0 Å². The van der Waals surface area contributed by atoms with Crippen LogP contribution < -0.4 is 10.5 Å². The highest BCUT2D eigenvalue weighted by molar-refractivity contribution is 5.20. The third-order valence-corrected chi connectivity index (χ3v) is 2.78. The first-order chi connectivity index (χ1) is 8.14. The van der Waals surface area contributed by atoms with Gasteiger partial charge in [0.1, 0.15) is 5.75 Å². The van der Waals surface area contributed by atoms with Gasteiger partial charge in [-0.05, 0) is 38.3 Å². The van der Waals surface area contributed by atoms with E-state index in [1.54, 1.807) is 7.11 Å². The first kappa shape index (κ1) is 14.0. The van der Waals surface area contributed by atoms with Gasteiger partial charge >= 0.3 is 0 Å². The van der Waals surface area contributed by atoms with E-state index in [-0.39, 0.29) is 5.54 Å². The Kier molecular flexibility index (Phi) is 6.01. The lowest BCUT2D eigenvalue weighted by Crippen LogP contribution is -2.37. The summed E-state index contributed by atoms with van der Waals surface area (Å²) >= 11 is 0. The first-order valence-electron chi connectivity index (χ1n) is 6.10. The van der Waals surface area contributed by atoms with Crippen LogP contribution in [0.4, 0.5) is 0 Å². The highest BCUT2D eigenvalue weighted by atomic mass is 16.5. The minimum absolute atomic E-state index is 0.157. The minimum atomic E-state index is -0.157. The van der Waals surface area contributed by atoms with Crippen LogP contribution in [0.15, 0.2) is 30.3 Å². The monoisotopic (exact) mass is 237 g/mol. The van der Waals surface area contributed by atoms with E-state index in [9.17, 15) is 0 Å². The molecule has 0 radical (unpaired) electrons. The van der Waals surface area contributed by atoms with Crippen molar-refractivity contribution in [3.05, 3.63) is 30.3 Å². The van der Waals surface area contributed by atoms with Gasteiger partial charge in [0.2, 0.25) is 0 Å². The zero-order valence-corrected chi connectivity index (χ0v) is 10.8. The van der Waals surface area contributed by atoms with Crippen molar-refractivity contribution < 1.29 is 9.47 Å². The fourth-order valence-electron chi connectivity index (χ4n) is 1.64. The molecule has 96 valence electrons. The number of hydrogen-bond donors (Lipinski definition) is 1. The van der Waals surface area contributed by atoms with Crippen molar-refractivity contribution >= 4 is 0 Å². The average Bonchev–Trinajstić information content (AvgIpc) is 2.34. The minimum Gasteiger partial charge on any atom is -0.494 e. The Labute approximate surface area is 104 Å². The summed E-state index contributed by atoms with van der Waals surface area (Å²) in [6.07, 6.45) is 2.80. The van der Waals surface area contributed by atoms with Crippen LogP contribution in [0.2, 0.25) is 0 Å². The molecular formula is C14H23NO2. The molecule has 0 aliphatic rings. The van der Waals surface area contributed by atoms with Crippen molar-refractivity contribution in [1.82, 2.24) is 0 Å². The summed E-state index contributed by atoms with van der Waals surface area (Å²) < 4.78 is 10.7. The molecule has 1 atom stereocenters. The van der Waals surface area contributed by atoms with Crippen LogP contribution in [0.5, 0.6) is 5.75 Å². The van der Waals surface area contributed by atoms with E-state index in [0.717, 1.165) is 25.0 Å². The number of para-hydroxylation sites is 1. The lowest BCUT2D eigenvalue weighted by atomic mass is 9.94. The number of hydrogen-bond acceptors (Lipinski definition) is 3. The first-order valence-corrected chi connectivity index (χ1v) is 6.10. The van der Waals surface area contributed by atoms with E-state index in [1.807, 2.05) is 30.3 Å². The molecule has 1 aromatic rings. The molecule has 3 heteroatoms. The van der Waals surface area contributed by atoms with Crippen LogP contribution in [-0.4, -0.2) is 25.9 Å². The Balaban J connectivity index is 2.15. The molecule has 0 aromatic heterocycles. The molecule has 0 bridgehead atoms. The predicted molar refractivity (Wildman–Crippen MR) is 70.3 cm³/mol. The quantitative estimate of drug-likeness (QED) is 0.707. The molecule has 0 saturated carbocycles. The second kappa shape index (κ2) is 7.30. The van der Waals surface area contributed by atoms with Crippen LogP contribution >= 0.6 is 0 Å². The van der Waals surface area contributed by atoms with E-state index in [0.29, 0.717) is 13.2 Å². The highest BCUT2D eigenvalue weighted by Crippen LogP contribution is 2.15. The van der Waals surface area contributed by atoms with Gasteiger partial charge in [0.05, 0.1) is 6.61 Å². The van der Waals surface area contributed by atoms with Gasteiger partial charge in [-0.15, -0.1) is 0 Å². The fraction of sp³-hybridized carbons (Fsp3) is 0.571. The number of methoxy groups -OCH3 is 1. The molecule has 0 spiro atoms. The summed E-state index contributed by atoms with van der Waals surface area (Å²) in [4.78, 5) is 0. The maximum absolute atomic E-state index is 6.15. The van der Waals surface area contributed by atoms with Crippen LogP contribution in [0.1, 0.15) is 26.2 Å². The van der Waals surface area contributed by atoms with Gasteiger partial charge in [-0.1, -0.05) is 18.2 Å². The smallest absolute Gasteiger partial charge is 0.119 e. The van der Waals surface area contributed by atoms with Crippen molar-refractivity contribution in [3.63, 3.8) is 0 Å². The van der Waals surface area contributed by atoms with Gasteiger partial charge in [-0.25, -0.2) is 0 Å². The predicted octanol–water partition coefficient (Wildman–Crippen LogP) is 2.60. The molecule has 2 N–H and O–H groups in total. The van der Waals surface area contributed by atoms with Crippen molar-refractivity contribution in [3.8, 4) is 5.75 Å². The molecule has 1 aromatic carbocycles. The molecule has 17 heavy (non-hydrogen) atoms. The summed E-state index contributed by atoms with van der Waals surface area (Å²) in [5.41, 5.74) is 5.99. The van der Waals surface area contributed by atoms with E-state index in [1.165, 1.54) is 0 Å². The van der Waals surface area contributed by atoms with Crippen molar-refractivity contribution in [2.75, 3.05) is 20.3 Å². The van der Waals surface area contributed by atoms with Gasteiger partial charge in [-0.3, -0.25) is 0 Å². The van der Waals surface area contributed by atoms with Gasteiger partial charge in [-0.2, -0.15) is 0 Å². The number of benzene rings is 1. The summed E-state index contributed by atoms with van der Waals surface area (Å²) in [5.74, 6) is 0.920. The molecule has 0 fully saturated rings. The van der Waals surface area contributed by atoms with E-state index >= 15 is 0 Å². The maximum atomic E-state index is 6.15. The van der Waals surface area contributed by atoms with Gasteiger partial charge < -0.3 is 15.2 Å². The Morgan fingerprint density at radius 2 is 1.82 bits per heavy atom. The highest BCUT2D eigenvalue weighted by Gasteiger charge is 2.17. The second-order valence-corrected chi connectivity index (χ2v) is 4.66. The van der Waals surface area contributed by atoms with Crippen LogP contribution in [0, 0.1) is 0 Å². The van der Waals surface area contributed by atoms with Crippen LogP contribution in [-0.2, 0) is 4.74 Å². The molecule has 0 saturated heterocycles. The third-order valence-electron chi connectivity index (χ3n) is 2.78. The topological polar surface area (TPSA) is 44.5 Å². The maximum Gasteiger partial charge on any atom is 0.119 e. The van der Waals surface area contributed by atoms with Crippen LogP contribution in [0.3, 0.4) is 0 Å². The Hall–Kier alpha value is -1.06. The Bertz CT molecular complexity index is 298. The molecular weight excluding hydrogens is 214 g/mol. The van der Waals surface area contributed by atoms with E-state index in [4.69, 9.17) is 15.2 Å². The van der Waals surface area contributed by atoms with E-state index in [2.05, 4.69) is 6.92 Å². The lowest BCUT2D eigenvalue weighted by molar-refractivity contribution is 0.165. The largest absolute Gasteiger partial charge is 0.494 e. The van der Waals surface area contributed by atoms with Gasteiger partial charge in [0.25, 0.3) is 0 Å². The van der Waals surface area contributed by atoms with E-state index < -0.39 is 0 Å². The van der Waals surface area contributed by atoms with Crippen molar-refractivity contribution in [1.29, 1.82) is 0 Å². The average molecular weight is 237 g/mol. The summed E-state index contributed by atoms with van der Waals surface area (Å²) in [5, 5.41) is 0. The van der Waals surface area contributed by atoms with Crippen LogP contribution in [0.25, 0.3) is 0 Å². The summed E-state index contributed by atoms with van der Waals surface area (Å²) in [7, 11) is 1.70. The summed E-state index contributed by atoms with van der Waals surface area (Å²) in [6.45, 7) is 3.49. The Morgan fingerprint density at radius 1 is 1.12 bits per heavy atom.